The lowest BCUT2D eigenvalue weighted by molar-refractivity contribution is 0.597. The van der Waals surface area contributed by atoms with Crippen molar-refractivity contribution < 1.29 is 8.42 Å². The first-order chi connectivity index (χ1) is 9.92. The summed E-state index contributed by atoms with van der Waals surface area (Å²) < 4.78 is 23.3. The van der Waals surface area contributed by atoms with Crippen molar-refractivity contribution >= 4 is 38.9 Å². The maximum absolute atomic E-state index is 11.7. The molecule has 0 atom stereocenters. The minimum Gasteiger partial charge on any atom is -0.366 e. The van der Waals surface area contributed by atoms with Gasteiger partial charge in [-0.05, 0) is 29.8 Å². The fourth-order valence-electron chi connectivity index (χ4n) is 1.68. The van der Waals surface area contributed by atoms with Crippen molar-refractivity contribution in [3.63, 3.8) is 0 Å². The van der Waals surface area contributed by atoms with Crippen molar-refractivity contribution in [1.82, 2.24) is 4.98 Å². The smallest absolute Gasteiger partial charge is 0.179 e. The maximum atomic E-state index is 11.7. The van der Waals surface area contributed by atoms with E-state index in [0.717, 1.165) is 5.56 Å². The van der Waals surface area contributed by atoms with Gasteiger partial charge in [-0.3, -0.25) is 0 Å². The number of anilines is 1. The minimum absolute atomic E-state index is 0.0602. The Hall–Kier alpha value is -1.30. The fraction of sp³-hybridized carbons (Fsp3) is 0.214. The van der Waals surface area contributed by atoms with Gasteiger partial charge < -0.3 is 5.32 Å². The molecule has 21 heavy (non-hydrogen) atoms. The van der Waals surface area contributed by atoms with E-state index in [1.54, 1.807) is 31.2 Å². The van der Waals surface area contributed by atoms with Crippen LogP contribution in [0.15, 0.2) is 41.4 Å². The van der Waals surface area contributed by atoms with Crippen LogP contribution in [0.3, 0.4) is 0 Å². The van der Waals surface area contributed by atoms with E-state index in [1.807, 2.05) is 6.07 Å². The third-order valence-electron chi connectivity index (χ3n) is 2.93. The van der Waals surface area contributed by atoms with Crippen molar-refractivity contribution in [2.24, 2.45) is 0 Å². The Morgan fingerprint density at radius 3 is 2.48 bits per heavy atom. The lowest BCUT2D eigenvalue weighted by Crippen LogP contribution is -2.06. The zero-order valence-electron chi connectivity index (χ0n) is 11.3. The van der Waals surface area contributed by atoms with Gasteiger partial charge in [-0.2, -0.15) is 0 Å². The standard InChI is InChI=1S/C14H14Cl2N2O2S/c1-2-21(19,20)11-4-6-14(18-9-11)17-8-10-3-5-12(15)13(16)7-10/h3-7,9H,2,8H2,1H3,(H,17,18). The quantitative estimate of drug-likeness (QED) is 0.896. The molecule has 0 fully saturated rings. The molecule has 1 heterocycles. The van der Waals surface area contributed by atoms with E-state index < -0.39 is 9.84 Å². The number of nitrogens with one attached hydrogen (secondary N) is 1. The van der Waals surface area contributed by atoms with Gasteiger partial charge in [0.05, 0.1) is 20.7 Å². The van der Waals surface area contributed by atoms with Gasteiger partial charge in [-0.1, -0.05) is 36.2 Å². The molecule has 0 unspecified atom stereocenters. The number of aromatic nitrogens is 1. The zero-order chi connectivity index (χ0) is 15.5. The van der Waals surface area contributed by atoms with Gasteiger partial charge >= 0.3 is 0 Å². The second kappa shape index (κ2) is 6.64. The van der Waals surface area contributed by atoms with Crippen molar-refractivity contribution in [3.05, 3.63) is 52.1 Å². The minimum atomic E-state index is -3.21. The molecule has 0 aliphatic heterocycles. The van der Waals surface area contributed by atoms with Gasteiger partial charge in [0.25, 0.3) is 0 Å². The molecule has 0 aliphatic carbocycles. The molecular formula is C14H14Cl2N2O2S. The van der Waals surface area contributed by atoms with E-state index in [2.05, 4.69) is 10.3 Å². The monoisotopic (exact) mass is 344 g/mol. The molecule has 2 aromatic rings. The van der Waals surface area contributed by atoms with Crippen LogP contribution in [0.1, 0.15) is 12.5 Å². The first kappa shape index (κ1) is 16.1. The molecule has 2 rings (SSSR count). The molecule has 112 valence electrons. The summed E-state index contributed by atoms with van der Waals surface area (Å²) in [6, 6.07) is 8.54. The lowest BCUT2D eigenvalue weighted by Gasteiger charge is -2.07. The first-order valence-corrected chi connectivity index (χ1v) is 8.70. The SMILES string of the molecule is CCS(=O)(=O)c1ccc(NCc2ccc(Cl)c(Cl)c2)nc1. The van der Waals surface area contributed by atoms with E-state index >= 15 is 0 Å². The summed E-state index contributed by atoms with van der Waals surface area (Å²) in [5, 5.41) is 4.10. The topological polar surface area (TPSA) is 59.1 Å². The third kappa shape index (κ3) is 4.09. The molecule has 0 spiro atoms. The highest BCUT2D eigenvalue weighted by atomic mass is 35.5. The summed E-state index contributed by atoms with van der Waals surface area (Å²) in [5.74, 6) is 0.654. The van der Waals surface area contributed by atoms with Crippen LogP contribution in [0.5, 0.6) is 0 Å². The molecule has 0 saturated heterocycles. The van der Waals surface area contributed by atoms with Crippen LogP contribution in [0.2, 0.25) is 10.0 Å². The largest absolute Gasteiger partial charge is 0.366 e. The highest BCUT2D eigenvalue weighted by Gasteiger charge is 2.11. The Labute approximate surface area is 134 Å². The van der Waals surface area contributed by atoms with E-state index in [0.29, 0.717) is 22.4 Å². The maximum Gasteiger partial charge on any atom is 0.179 e. The van der Waals surface area contributed by atoms with Gasteiger partial charge in [-0.15, -0.1) is 0 Å². The molecule has 0 aliphatic rings. The molecule has 1 aromatic carbocycles. The van der Waals surface area contributed by atoms with Crippen molar-refractivity contribution in [2.45, 2.75) is 18.4 Å². The predicted molar refractivity (Wildman–Crippen MR) is 85.8 cm³/mol. The summed E-state index contributed by atoms with van der Waals surface area (Å²) in [6.07, 6.45) is 1.36. The second-order valence-electron chi connectivity index (χ2n) is 4.38. The number of benzene rings is 1. The molecule has 1 N–H and O–H groups in total. The van der Waals surface area contributed by atoms with E-state index in [9.17, 15) is 8.42 Å². The van der Waals surface area contributed by atoms with Crippen LogP contribution in [-0.4, -0.2) is 19.2 Å². The Balaban J connectivity index is 2.05. The Bertz CT molecular complexity index is 731. The summed E-state index contributed by atoms with van der Waals surface area (Å²) >= 11 is 11.8. The predicted octanol–water partition coefficient (Wildman–Crippen LogP) is 3.79. The summed E-state index contributed by atoms with van der Waals surface area (Å²) in [5.41, 5.74) is 0.955. The van der Waals surface area contributed by atoms with Crippen LogP contribution in [0.25, 0.3) is 0 Å². The molecule has 0 bridgehead atoms. The van der Waals surface area contributed by atoms with E-state index in [-0.39, 0.29) is 10.6 Å². The first-order valence-electron chi connectivity index (χ1n) is 6.29. The van der Waals surface area contributed by atoms with Crippen LogP contribution in [0.4, 0.5) is 5.82 Å². The lowest BCUT2D eigenvalue weighted by atomic mass is 10.2. The number of rotatable bonds is 5. The summed E-state index contributed by atoms with van der Waals surface area (Å²) in [7, 11) is -3.21. The fourth-order valence-corrected chi connectivity index (χ4v) is 2.82. The number of nitrogens with zero attached hydrogens (tertiary/aromatic N) is 1. The zero-order valence-corrected chi connectivity index (χ0v) is 13.6. The Morgan fingerprint density at radius 2 is 1.90 bits per heavy atom. The normalized spacial score (nSPS) is 11.4. The van der Waals surface area contributed by atoms with Gasteiger partial charge in [0.15, 0.2) is 9.84 Å². The number of sulfone groups is 1. The van der Waals surface area contributed by atoms with E-state index in [1.165, 1.54) is 6.20 Å². The third-order valence-corrected chi connectivity index (χ3v) is 5.39. The number of halogens is 2. The molecule has 0 amide bonds. The molecular weight excluding hydrogens is 331 g/mol. The Kier molecular flexibility index (Phi) is 5.08. The molecule has 0 radical (unpaired) electrons. The van der Waals surface area contributed by atoms with E-state index in [4.69, 9.17) is 23.2 Å². The van der Waals surface area contributed by atoms with Crippen LogP contribution < -0.4 is 5.32 Å². The summed E-state index contributed by atoms with van der Waals surface area (Å²) in [6.45, 7) is 2.12. The van der Waals surface area contributed by atoms with Gasteiger partial charge in [0.2, 0.25) is 0 Å². The van der Waals surface area contributed by atoms with Crippen LogP contribution in [-0.2, 0) is 16.4 Å². The highest BCUT2D eigenvalue weighted by molar-refractivity contribution is 7.91. The van der Waals surface area contributed by atoms with Gasteiger partial charge in [-0.25, -0.2) is 13.4 Å². The number of pyridine rings is 1. The van der Waals surface area contributed by atoms with Crippen molar-refractivity contribution in [2.75, 3.05) is 11.1 Å². The number of hydrogen-bond donors (Lipinski definition) is 1. The highest BCUT2D eigenvalue weighted by Crippen LogP contribution is 2.23. The Morgan fingerprint density at radius 1 is 1.14 bits per heavy atom. The van der Waals surface area contributed by atoms with Gasteiger partial charge in [0.1, 0.15) is 5.82 Å². The van der Waals surface area contributed by atoms with Gasteiger partial charge in [0, 0.05) is 12.7 Å². The molecule has 7 heteroatoms. The summed E-state index contributed by atoms with van der Waals surface area (Å²) in [4.78, 5) is 4.33. The van der Waals surface area contributed by atoms with Crippen molar-refractivity contribution in [3.8, 4) is 0 Å². The molecule has 4 nitrogen and oxygen atoms in total. The van der Waals surface area contributed by atoms with Crippen LogP contribution >= 0.6 is 23.2 Å². The van der Waals surface area contributed by atoms with Crippen molar-refractivity contribution in [1.29, 1.82) is 0 Å². The van der Waals surface area contributed by atoms with Crippen LogP contribution in [0, 0.1) is 0 Å². The second-order valence-corrected chi connectivity index (χ2v) is 7.48. The number of hydrogen-bond acceptors (Lipinski definition) is 4. The molecule has 0 saturated carbocycles. The molecule has 1 aromatic heterocycles. The average molecular weight is 345 g/mol. The average Bonchev–Trinajstić information content (AvgIpc) is 2.49.